The smallest absolute Gasteiger partial charge is 0.238 e. The molecule has 0 unspecified atom stereocenters. The minimum absolute atomic E-state index is 0.0351. The van der Waals surface area contributed by atoms with E-state index in [2.05, 4.69) is 10.3 Å². The van der Waals surface area contributed by atoms with E-state index in [1.54, 1.807) is 18.2 Å². The minimum atomic E-state index is -3.72. The van der Waals surface area contributed by atoms with Crippen LogP contribution in [0.15, 0.2) is 47.4 Å². The van der Waals surface area contributed by atoms with Gasteiger partial charge in [0, 0.05) is 19.6 Å². The summed E-state index contributed by atoms with van der Waals surface area (Å²) >= 11 is 1.41. The van der Waals surface area contributed by atoms with Crippen molar-refractivity contribution in [3.8, 4) is 0 Å². The van der Waals surface area contributed by atoms with E-state index in [9.17, 15) is 17.6 Å². The van der Waals surface area contributed by atoms with Gasteiger partial charge in [0.15, 0.2) is 5.13 Å². The second kappa shape index (κ2) is 7.12. The first-order valence-electron chi connectivity index (χ1n) is 8.50. The summed E-state index contributed by atoms with van der Waals surface area (Å²) in [5.41, 5.74) is 1.53. The highest BCUT2D eigenvalue weighted by atomic mass is 32.2. The number of nitrogens with two attached hydrogens (primary N) is 1. The van der Waals surface area contributed by atoms with Crippen molar-refractivity contribution in [2.24, 2.45) is 11.1 Å². The van der Waals surface area contributed by atoms with Crippen LogP contribution in [0.25, 0.3) is 10.2 Å². The number of primary sulfonamides is 1. The van der Waals surface area contributed by atoms with Crippen molar-refractivity contribution in [2.75, 3.05) is 18.0 Å². The third-order valence-electron chi connectivity index (χ3n) is 4.58. The molecule has 28 heavy (non-hydrogen) atoms. The summed E-state index contributed by atoms with van der Waals surface area (Å²) in [6.07, 6.45) is 0. The van der Waals surface area contributed by atoms with E-state index in [0.717, 1.165) is 20.9 Å². The van der Waals surface area contributed by atoms with Crippen LogP contribution in [0.3, 0.4) is 0 Å². The molecule has 3 aromatic rings. The maximum absolute atomic E-state index is 13.3. The predicted octanol–water partition coefficient (Wildman–Crippen LogP) is 1.84. The van der Waals surface area contributed by atoms with Crippen molar-refractivity contribution in [1.82, 2.24) is 10.3 Å². The number of halogens is 1. The molecule has 0 saturated carbocycles. The molecule has 1 aromatic heterocycles. The number of fused-ring (bicyclic) bond motifs is 1. The summed E-state index contributed by atoms with van der Waals surface area (Å²) in [4.78, 5) is 18.8. The number of nitrogens with one attached hydrogen (secondary N) is 1. The molecule has 4 rings (SSSR count). The molecule has 1 fully saturated rings. The molecule has 1 saturated heterocycles. The molecule has 1 aliphatic rings. The van der Waals surface area contributed by atoms with Gasteiger partial charge in [-0.3, -0.25) is 4.79 Å². The fourth-order valence-electron chi connectivity index (χ4n) is 2.95. The van der Waals surface area contributed by atoms with Crippen molar-refractivity contribution < 1.29 is 17.6 Å². The molecule has 2 aromatic carbocycles. The zero-order chi connectivity index (χ0) is 19.9. The van der Waals surface area contributed by atoms with Crippen molar-refractivity contribution in [2.45, 2.75) is 11.4 Å². The minimum Gasteiger partial charge on any atom is -0.352 e. The fraction of sp³-hybridized carbons (Fsp3) is 0.222. The summed E-state index contributed by atoms with van der Waals surface area (Å²) in [6, 6.07) is 10.6. The Balaban J connectivity index is 1.31. The molecule has 1 amide bonds. The average molecular weight is 420 g/mol. The van der Waals surface area contributed by atoms with Gasteiger partial charge in [0.1, 0.15) is 5.82 Å². The van der Waals surface area contributed by atoms with E-state index in [1.807, 2.05) is 4.90 Å². The molecule has 0 aliphatic carbocycles. The second-order valence-corrected chi connectivity index (χ2v) is 9.19. The number of nitrogens with zero attached hydrogens (tertiary/aromatic N) is 2. The lowest BCUT2D eigenvalue weighted by molar-refractivity contribution is -0.125. The largest absolute Gasteiger partial charge is 0.352 e. The third-order valence-corrected chi connectivity index (χ3v) is 6.59. The molecule has 146 valence electrons. The fourth-order valence-corrected chi connectivity index (χ4v) is 4.48. The number of hydrogen-bond acceptors (Lipinski definition) is 6. The maximum Gasteiger partial charge on any atom is 0.238 e. The number of sulfonamides is 1. The zero-order valence-electron chi connectivity index (χ0n) is 14.6. The lowest BCUT2D eigenvalue weighted by Gasteiger charge is -2.37. The Hall–Kier alpha value is -2.56. The van der Waals surface area contributed by atoms with Gasteiger partial charge in [-0.15, -0.1) is 0 Å². The Morgan fingerprint density at radius 3 is 2.64 bits per heavy atom. The summed E-state index contributed by atoms with van der Waals surface area (Å²) in [5, 5.41) is 8.70. The number of carbonyl (C=O) groups excluding carboxylic acids is 1. The Morgan fingerprint density at radius 1 is 1.25 bits per heavy atom. The van der Waals surface area contributed by atoms with Crippen LogP contribution in [0, 0.1) is 11.7 Å². The Kier molecular flexibility index (Phi) is 4.77. The molecule has 10 heteroatoms. The number of carbonyl (C=O) groups is 1. The maximum atomic E-state index is 13.3. The van der Waals surface area contributed by atoms with E-state index < -0.39 is 10.0 Å². The number of anilines is 1. The van der Waals surface area contributed by atoms with Gasteiger partial charge in [-0.2, -0.15) is 0 Å². The first kappa shape index (κ1) is 18.8. The van der Waals surface area contributed by atoms with E-state index in [0.29, 0.717) is 19.6 Å². The zero-order valence-corrected chi connectivity index (χ0v) is 16.3. The number of rotatable bonds is 5. The molecule has 0 atom stereocenters. The van der Waals surface area contributed by atoms with Crippen LogP contribution >= 0.6 is 11.3 Å². The average Bonchev–Trinajstić information content (AvgIpc) is 3.00. The molecular weight excluding hydrogens is 403 g/mol. The summed E-state index contributed by atoms with van der Waals surface area (Å²) in [7, 11) is -3.72. The van der Waals surface area contributed by atoms with Crippen LogP contribution < -0.4 is 15.4 Å². The molecule has 2 heterocycles. The van der Waals surface area contributed by atoms with Crippen molar-refractivity contribution >= 4 is 42.6 Å². The topological polar surface area (TPSA) is 105 Å². The van der Waals surface area contributed by atoms with Crippen LogP contribution in [0.2, 0.25) is 0 Å². The van der Waals surface area contributed by atoms with Crippen molar-refractivity contribution in [1.29, 1.82) is 0 Å². The standard InChI is InChI=1S/C18H17FN4O3S2/c19-13-3-6-15-16(7-13)27-18(22-15)23-9-12(10-23)17(24)21-8-11-1-4-14(5-2-11)28(20,25)26/h1-7,12H,8-10H2,(H,21,24)(H2,20,25,26). The van der Waals surface area contributed by atoms with Crippen molar-refractivity contribution in [3.05, 3.63) is 53.8 Å². The molecule has 1 aliphatic heterocycles. The van der Waals surface area contributed by atoms with Gasteiger partial charge in [-0.1, -0.05) is 23.5 Å². The Bertz CT molecular complexity index is 1140. The van der Waals surface area contributed by atoms with E-state index in [4.69, 9.17) is 5.14 Å². The van der Waals surface area contributed by atoms with E-state index in [1.165, 1.54) is 35.6 Å². The highest BCUT2D eigenvalue weighted by Crippen LogP contribution is 2.33. The Labute approximate surface area is 165 Å². The van der Waals surface area contributed by atoms with Crippen molar-refractivity contribution in [3.63, 3.8) is 0 Å². The van der Waals surface area contributed by atoms with Gasteiger partial charge < -0.3 is 10.2 Å². The molecular formula is C18H17FN4O3S2. The summed E-state index contributed by atoms with van der Waals surface area (Å²) in [5.74, 6) is -0.507. The number of aromatic nitrogens is 1. The van der Waals surface area contributed by atoms with Crippen LogP contribution in [-0.2, 0) is 21.4 Å². The number of amides is 1. The molecule has 0 radical (unpaired) electrons. The number of hydrogen-bond donors (Lipinski definition) is 2. The lowest BCUT2D eigenvalue weighted by Crippen LogP contribution is -2.53. The lowest BCUT2D eigenvalue weighted by atomic mass is 10.00. The van der Waals surface area contributed by atoms with Crippen LogP contribution in [-0.4, -0.2) is 32.4 Å². The summed E-state index contributed by atoms with van der Waals surface area (Å²) in [6.45, 7) is 1.41. The third kappa shape index (κ3) is 3.84. The first-order valence-corrected chi connectivity index (χ1v) is 10.9. The number of benzene rings is 2. The van der Waals surface area contributed by atoms with Gasteiger partial charge in [-0.05, 0) is 35.9 Å². The molecule has 3 N–H and O–H groups in total. The van der Waals surface area contributed by atoms with Gasteiger partial charge in [0.05, 0.1) is 21.0 Å². The van der Waals surface area contributed by atoms with Gasteiger partial charge in [0.25, 0.3) is 0 Å². The monoisotopic (exact) mass is 420 g/mol. The Morgan fingerprint density at radius 2 is 1.96 bits per heavy atom. The van der Waals surface area contributed by atoms with Crippen LogP contribution in [0.5, 0.6) is 0 Å². The van der Waals surface area contributed by atoms with Gasteiger partial charge >= 0.3 is 0 Å². The first-order chi connectivity index (χ1) is 13.3. The SMILES string of the molecule is NS(=O)(=O)c1ccc(CNC(=O)C2CN(c3nc4ccc(F)cc4s3)C2)cc1. The normalized spacial score (nSPS) is 14.9. The van der Waals surface area contributed by atoms with E-state index >= 15 is 0 Å². The summed E-state index contributed by atoms with van der Waals surface area (Å²) < 4.78 is 36.6. The quantitative estimate of drug-likeness (QED) is 0.655. The highest BCUT2D eigenvalue weighted by Gasteiger charge is 2.34. The highest BCUT2D eigenvalue weighted by molar-refractivity contribution is 7.89. The molecule has 0 spiro atoms. The molecule has 7 nitrogen and oxygen atoms in total. The van der Waals surface area contributed by atoms with E-state index in [-0.39, 0.29) is 22.5 Å². The molecule has 0 bridgehead atoms. The van der Waals surface area contributed by atoms with Crippen LogP contribution in [0.1, 0.15) is 5.56 Å². The second-order valence-electron chi connectivity index (χ2n) is 6.62. The predicted molar refractivity (Wildman–Crippen MR) is 105 cm³/mol. The van der Waals surface area contributed by atoms with Gasteiger partial charge in [-0.25, -0.2) is 22.9 Å². The van der Waals surface area contributed by atoms with Gasteiger partial charge in [0.2, 0.25) is 15.9 Å². The number of thiazole rings is 1. The van der Waals surface area contributed by atoms with Crippen LogP contribution in [0.4, 0.5) is 9.52 Å².